The summed E-state index contributed by atoms with van der Waals surface area (Å²) in [6.07, 6.45) is 5.03. The van der Waals surface area contributed by atoms with Crippen molar-refractivity contribution in [2.75, 3.05) is 6.26 Å². The normalized spacial score (nSPS) is 10.8. The number of hydrogen-bond donors (Lipinski definition) is 1. The second-order valence-electron chi connectivity index (χ2n) is 2.16. The maximum atomic E-state index is 11.2. The number of nitrogens with one attached hydrogen (secondary N) is 1. The molecule has 0 aliphatic carbocycles. The molecule has 2 aromatic heterocycles. The third-order valence-electron chi connectivity index (χ3n) is 1.44. The SMILES string of the molecule is CSc1nn2ccnc2c(=O)[nH]1. The molecule has 1 N–H and O–H groups in total. The quantitative estimate of drug-likeness (QED) is 0.637. The molecule has 0 radical (unpaired) electrons. The molecule has 0 bridgehead atoms. The van der Waals surface area contributed by atoms with Crippen molar-refractivity contribution in [3.63, 3.8) is 0 Å². The summed E-state index contributed by atoms with van der Waals surface area (Å²) in [5.41, 5.74) is 0.118. The average molecular weight is 182 g/mol. The standard InChI is InChI=1S/C6H6N4OS/c1-12-6-8-5(11)4-7-2-3-10(4)9-6/h2-3H,1H3,(H,8,9,11). The minimum atomic E-state index is -0.209. The molecule has 0 fully saturated rings. The fraction of sp³-hybridized carbons (Fsp3) is 0.167. The molecule has 0 atom stereocenters. The zero-order valence-electron chi connectivity index (χ0n) is 6.31. The van der Waals surface area contributed by atoms with Gasteiger partial charge in [-0.05, 0) is 6.26 Å². The van der Waals surface area contributed by atoms with E-state index in [1.165, 1.54) is 16.3 Å². The van der Waals surface area contributed by atoms with Crippen LogP contribution >= 0.6 is 11.8 Å². The van der Waals surface area contributed by atoms with E-state index in [0.717, 1.165) is 0 Å². The Morgan fingerprint density at radius 3 is 3.25 bits per heavy atom. The highest BCUT2D eigenvalue weighted by atomic mass is 32.2. The maximum Gasteiger partial charge on any atom is 0.295 e. The topological polar surface area (TPSA) is 63.1 Å². The maximum absolute atomic E-state index is 11.2. The highest BCUT2D eigenvalue weighted by Gasteiger charge is 2.01. The van der Waals surface area contributed by atoms with Gasteiger partial charge in [-0.3, -0.25) is 9.78 Å². The van der Waals surface area contributed by atoms with Gasteiger partial charge in [0.2, 0.25) is 5.65 Å². The molecular weight excluding hydrogens is 176 g/mol. The van der Waals surface area contributed by atoms with Gasteiger partial charge in [-0.25, -0.2) is 9.50 Å². The van der Waals surface area contributed by atoms with Gasteiger partial charge in [0.05, 0.1) is 0 Å². The first kappa shape index (κ1) is 7.35. The van der Waals surface area contributed by atoms with E-state index in [-0.39, 0.29) is 5.56 Å². The van der Waals surface area contributed by atoms with Gasteiger partial charge in [0.1, 0.15) is 0 Å². The van der Waals surface area contributed by atoms with Crippen molar-refractivity contribution in [3.8, 4) is 0 Å². The number of aromatic nitrogens is 4. The molecule has 0 aromatic carbocycles. The highest BCUT2D eigenvalue weighted by molar-refractivity contribution is 7.98. The molecule has 0 spiro atoms. The lowest BCUT2D eigenvalue weighted by molar-refractivity contribution is 0.780. The molecule has 2 heterocycles. The molecule has 6 heteroatoms. The fourth-order valence-electron chi connectivity index (χ4n) is 0.908. The second kappa shape index (κ2) is 2.63. The molecule has 2 rings (SSSR count). The molecule has 0 amide bonds. The smallest absolute Gasteiger partial charge is 0.295 e. The summed E-state index contributed by atoms with van der Waals surface area (Å²) in [4.78, 5) is 17.7. The van der Waals surface area contributed by atoms with E-state index in [4.69, 9.17) is 0 Å². The van der Waals surface area contributed by atoms with E-state index in [0.29, 0.717) is 10.8 Å². The third kappa shape index (κ3) is 1.00. The van der Waals surface area contributed by atoms with Crippen LogP contribution in [0.2, 0.25) is 0 Å². The first-order chi connectivity index (χ1) is 5.81. The lowest BCUT2D eigenvalue weighted by Crippen LogP contribution is -2.13. The van der Waals surface area contributed by atoms with Crippen LogP contribution in [-0.2, 0) is 0 Å². The summed E-state index contributed by atoms with van der Waals surface area (Å²) in [7, 11) is 0. The number of H-pyrrole nitrogens is 1. The molecule has 0 unspecified atom stereocenters. The summed E-state index contributed by atoms with van der Waals surface area (Å²) >= 11 is 1.39. The van der Waals surface area contributed by atoms with Crippen molar-refractivity contribution < 1.29 is 0 Å². The molecule has 12 heavy (non-hydrogen) atoms. The van der Waals surface area contributed by atoms with E-state index < -0.39 is 0 Å². The monoisotopic (exact) mass is 182 g/mol. The first-order valence-corrected chi connectivity index (χ1v) is 4.51. The Bertz CT molecular complexity index is 460. The van der Waals surface area contributed by atoms with Gasteiger partial charge in [-0.1, -0.05) is 11.8 Å². The van der Waals surface area contributed by atoms with Gasteiger partial charge >= 0.3 is 0 Å². The Balaban J connectivity index is 2.84. The van der Waals surface area contributed by atoms with Crippen LogP contribution in [0.1, 0.15) is 0 Å². The van der Waals surface area contributed by atoms with Crippen LogP contribution in [0.3, 0.4) is 0 Å². The van der Waals surface area contributed by atoms with Crippen molar-refractivity contribution >= 4 is 17.4 Å². The Labute approximate surface area is 71.8 Å². The minimum Gasteiger partial charge on any atom is -0.297 e. The van der Waals surface area contributed by atoms with E-state index in [1.807, 2.05) is 6.26 Å². The van der Waals surface area contributed by atoms with E-state index in [1.54, 1.807) is 12.4 Å². The number of nitrogens with zero attached hydrogens (tertiary/aromatic N) is 3. The van der Waals surface area contributed by atoms with Crippen molar-refractivity contribution in [1.82, 2.24) is 19.6 Å². The van der Waals surface area contributed by atoms with Gasteiger partial charge in [-0.2, -0.15) is 0 Å². The molecule has 0 aliphatic rings. The van der Waals surface area contributed by atoms with Crippen LogP contribution in [0.4, 0.5) is 0 Å². The number of aromatic amines is 1. The van der Waals surface area contributed by atoms with E-state index in [2.05, 4.69) is 15.1 Å². The van der Waals surface area contributed by atoms with Gasteiger partial charge in [-0.15, -0.1) is 5.10 Å². The number of imidazole rings is 1. The third-order valence-corrected chi connectivity index (χ3v) is 2.01. The predicted octanol–water partition coefficient (Wildman–Crippen LogP) is 0.139. The minimum absolute atomic E-state index is 0.209. The molecule has 2 aromatic rings. The average Bonchev–Trinajstić information content (AvgIpc) is 2.52. The number of fused-ring (bicyclic) bond motifs is 1. The van der Waals surface area contributed by atoms with Gasteiger partial charge in [0.15, 0.2) is 5.16 Å². The fourth-order valence-corrected chi connectivity index (χ4v) is 1.27. The Morgan fingerprint density at radius 1 is 1.67 bits per heavy atom. The van der Waals surface area contributed by atoms with E-state index in [9.17, 15) is 4.79 Å². The molecule has 62 valence electrons. The lowest BCUT2D eigenvalue weighted by Gasteiger charge is -1.94. The predicted molar refractivity (Wildman–Crippen MR) is 45.4 cm³/mol. The largest absolute Gasteiger partial charge is 0.297 e. The summed E-state index contributed by atoms with van der Waals surface area (Å²) in [6, 6.07) is 0. The zero-order valence-corrected chi connectivity index (χ0v) is 7.13. The van der Waals surface area contributed by atoms with Crippen LogP contribution in [0.5, 0.6) is 0 Å². The van der Waals surface area contributed by atoms with Crippen molar-refractivity contribution in [1.29, 1.82) is 0 Å². The Kier molecular flexibility index (Phi) is 1.61. The van der Waals surface area contributed by atoms with Gasteiger partial charge < -0.3 is 0 Å². The van der Waals surface area contributed by atoms with Crippen LogP contribution in [0, 0.1) is 0 Å². The first-order valence-electron chi connectivity index (χ1n) is 3.29. The zero-order chi connectivity index (χ0) is 8.55. The molecule has 0 saturated carbocycles. The number of rotatable bonds is 1. The molecule has 0 saturated heterocycles. The van der Waals surface area contributed by atoms with Gasteiger partial charge in [0, 0.05) is 12.4 Å². The summed E-state index contributed by atoms with van der Waals surface area (Å²) in [5, 5.41) is 4.66. The number of thioether (sulfide) groups is 1. The van der Waals surface area contributed by atoms with Gasteiger partial charge in [0.25, 0.3) is 5.56 Å². The van der Waals surface area contributed by atoms with Crippen molar-refractivity contribution in [2.24, 2.45) is 0 Å². The van der Waals surface area contributed by atoms with Crippen LogP contribution in [0.15, 0.2) is 22.3 Å². The van der Waals surface area contributed by atoms with Crippen molar-refractivity contribution in [3.05, 3.63) is 22.7 Å². The lowest BCUT2D eigenvalue weighted by atomic mass is 10.8. The van der Waals surface area contributed by atoms with Crippen molar-refractivity contribution in [2.45, 2.75) is 5.16 Å². The summed E-state index contributed by atoms with van der Waals surface area (Å²) < 4.78 is 1.46. The Hall–Kier alpha value is -1.30. The van der Waals surface area contributed by atoms with Crippen LogP contribution in [0.25, 0.3) is 5.65 Å². The van der Waals surface area contributed by atoms with E-state index >= 15 is 0 Å². The molecule has 0 aliphatic heterocycles. The Morgan fingerprint density at radius 2 is 2.50 bits per heavy atom. The molecule has 5 nitrogen and oxygen atoms in total. The summed E-state index contributed by atoms with van der Waals surface area (Å²) in [6.45, 7) is 0. The van der Waals surface area contributed by atoms with Crippen LogP contribution < -0.4 is 5.56 Å². The van der Waals surface area contributed by atoms with Crippen LogP contribution in [-0.4, -0.2) is 25.8 Å². The second-order valence-corrected chi connectivity index (χ2v) is 2.95. The highest BCUT2D eigenvalue weighted by Crippen LogP contribution is 2.03. The molecular formula is C6H6N4OS. The summed E-state index contributed by atoms with van der Waals surface area (Å²) in [5.74, 6) is 0. The number of hydrogen-bond acceptors (Lipinski definition) is 4.